The Bertz CT molecular complexity index is 343. The molecule has 0 aliphatic carbocycles. The van der Waals surface area contributed by atoms with Gasteiger partial charge in [0, 0.05) is 13.1 Å². The number of aliphatic hydroxyl groups is 1. The lowest BCUT2D eigenvalue weighted by molar-refractivity contribution is -0.139. The van der Waals surface area contributed by atoms with E-state index < -0.39 is 18.6 Å². The molecule has 5 nitrogen and oxygen atoms in total. The van der Waals surface area contributed by atoms with Gasteiger partial charge in [0.2, 0.25) is 5.91 Å². The van der Waals surface area contributed by atoms with Crippen LogP contribution in [0.2, 0.25) is 0 Å². The summed E-state index contributed by atoms with van der Waals surface area (Å²) in [6.07, 6.45) is -2.76. The fourth-order valence-electron chi connectivity index (χ4n) is 2.73. The fraction of sp³-hybridized carbons (Fsp3) is 0.929. The van der Waals surface area contributed by atoms with E-state index in [1.54, 1.807) is 18.9 Å². The average Bonchev–Trinajstić information content (AvgIpc) is 2.37. The number of rotatable bonds is 7. The molecule has 0 bridgehead atoms. The van der Waals surface area contributed by atoms with Gasteiger partial charge in [-0.05, 0) is 45.8 Å². The molecular formula is C14H26F3N3O2. The number of nitrogens with zero attached hydrogens (tertiary/aromatic N) is 2. The van der Waals surface area contributed by atoms with Crippen molar-refractivity contribution in [3.8, 4) is 0 Å². The quantitative estimate of drug-likeness (QED) is 0.723. The van der Waals surface area contributed by atoms with E-state index >= 15 is 0 Å². The highest BCUT2D eigenvalue weighted by atomic mass is 19.4. The third kappa shape index (κ3) is 8.55. The number of alkyl halides is 3. The number of halogens is 3. The third-order valence-electron chi connectivity index (χ3n) is 3.70. The molecule has 1 aliphatic heterocycles. The summed E-state index contributed by atoms with van der Waals surface area (Å²) >= 11 is 0. The summed E-state index contributed by atoms with van der Waals surface area (Å²) in [6.45, 7) is 3.64. The number of likely N-dealkylation sites (tertiary alicyclic amines) is 1. The summed E-state index contributed by atoms with van der Waals surface area (Å²) in [7, 11) is 1.75. The van der Waals surface area contributed by atoms with Crippen LogP contribution in [0.25, 0.3) is 0 Å². The number of carbonyl (C=O) groups excluding carboxylic acids is 1. The number of likely N-dealkylation sites (N-methyl/N-ethyl adjacent to an activating group) is 1. The molecule has 1 aliphatic rings. The predicted molar refractivity (Wildman–Crippen MR) is 77.4 cm³/mol. The Morgan fingerprint density at radius 2 is 2.00 bits per heavy atom. The fourth-order valence-corrected chi connectivity index (χ4v) is 2.73. The second-order valence-corrected chi connectivity index (χ2v) is 6.18. The van der Waals surface area contributed by atoms with Crippen LogP contribution in [0.4, 0.5) is 13.2 Å². The van der Waals surface area contributed by atoms with Crippen molar-refractivity contribution in [3.05, 3.63) is 0 Å². The molecule has 1 amide bonds. The van der Waals surface area contributed by atoms with Crippen LogP contribution in [0.1, 0.15) is 19.8 Å². The number of hydrogen-bond donors (Lipinski definition) is 2. The van der Waals surface area contributed by atoms with E-state index in [-0.39, 0.29) is 12.6 Å². The zero-order valence-corrected chi connectivity index (χ0v) is 13.2. The Balaban J connectivity index is 2.20. The van der Waals surface area contributed by atoms with Gasteiger partial charge in [-0.25, -0.2) is 0 Å². The van der Waals surface area contributed by atoms with Crippen LogP contribution in [-0.4, -0.2) is 79.4 Å². The van der Waals surface area contributed by atoms with Gasteiger partial charge in [-0.15, -0.1) is 0 Å². The maximum Gasteiger partial charge on any atom is 0.405 e. The van der Waals surface area contributed by atoms with Gasteiger partial charge in [-0.2, -0.15) is 13.2 Å². The van der Waals surface area contributed by atoms with Crippen molar-refractivity contribution in [2.45, 2.75) is 32.0 Å². The number of hydrogen-bond acceptors (Lipinski definition) is 4. The van der Waals surface area contributed by atoms with Gasteiger partial charge in [-0.1, -0.05) is 0 Å². The smallest absolute Gasteiger partial charge is 0.392 e. The molecule has 22 heavy (non-hydrogen) atoms. The first kappa shape index (κ1) is 19.2. The maximum absolute atomic E-state index is 12.0. The van der Waals surface area contributed by atoms with Gasteiger partial charge in [0.1, 0.15) is 6.54 Å². The van der Waals surface area contributed by atoms with Crippen molar-refractivity contribution in [2.24, 2.45) is 5.92 Å². The zero-order chi connectivity index (χ0) is 16.8. The van der Waals surface area contributed by atoms with Crippen LogP contribution in [0, 0.1) is 5.92 Å². The highest BCUT2D eigenvalue weighted by molar-refractivity contribution is 5.78. The Hall–Kier alpha value is -0.860. The molecule has 1 heterocycles. The SMILES string of the molecule is C[C@H](O)CN1CCC(CN(C)CC(=O)NCC(F)(F)F)CC1. The van der Waals surface area contributed by atoms with Crippen LogP contribution in [-0.2, 0) is 4.79 Å². The second kappa shape index (κ2) is 8.69. The summed E-state index contributed by atoms with van der Waals surface area (Å²) in [6, 6.07) is 0. The van der Waals surface area contributed by atoms with E-state index in [1.807, 2.05) is 5.32 Å². The predicted octanol–water partition coefficient (Wildman–Crippen LogP) is 0.689. The molecule has 1 atom stereocenters. The first-order valence-electron chi connectivity index (χ1n) is 7.58. The molecule has 0 saturated carbocycles. The minimum absolute atomic E-state index is 0.0238. The standard InChI is InChI=1S/C14H26F3N3O2/c1-11(21)7-20-5-3-12(4-6-20)8-19(2)9-13(22)18-10-14(15,16)17/h11-12,21H,3-10H2,1-2H3,(H,18,22)/t11-/m0/s1. The Labute approximate surface area is 129 Å². The maximum atomic E-state index is 12.0. The molecule has 130 valence electrons. The van der Waals surface area contributed by atoms with Crippen molar-refractivity contribution >= 4 is 5.91 Å². The van der Waals surface area contributed by atoms with Crippen molar-refractivity contribution in [1.29, 1.82) is 0 Å². The number of carbonyl (C=O) groups is 1. The molecular weight excluding hydrogens is 299 g/mol. The molecule has 1 saturated heterocycles. The second-order valence-electron chi connectivity index (χ2n) is 6.18. The normalized spacial score (nSPS) is 19.4. The molecule has 1 fully saturated rings. The monoisotopic (exact) mass is 325 g/mol. The van der Waals surface area contributed by atoms with Crippen LogP contribution in [0.5, 0.6) is 0 Å². The van der Waals surface area contributed by atoms with Gasteiger partial charge in [0.15, 0.2) is 0 Å². The van der Waals surface area contributed by atoms with E-state index in [0.29, 0.717) is 19.0 Å². The van der Waals surface area contributed by atoms with Crippen LogP contribution >= 0.6 is 0 Å². The number of amides is 1. The molecule has 0 aromatic rings. The van der Waals surface area contributed by atoms with E-state index in [9.17, 15) is 23.1 Å². The van der Waals surface area contributed by atoms with E-state index in [1.165, 1.54) is 0 Å². The lowest BCUT2D eigenvalue weighted by atomic mass is 9.96. The first-order valence-corrected chi connectivity index (χ1v) is 7.58. The molecule has 0 aromatic heterocycles. The molecule has 2 N–H and O–H groups in total. The first-order chi connectivity index (χ1) is 10.2. The van der Waals surface area contributed by atoms with Crippen LogP contribution < -0.4 is 5.32 Å². The number of aliphatic hydroxyl groups excluding tert-OH is 1. The lowest BCUT2D eigenvalue weighted by Gasteiger charge is -2.34. The largest absolute Gasteiger partial charge is 0.405 e. The van der Waals surface area contributed by atoms with Gasteiger partial charge >= 0.3 is 6.18 Å². The highest BCUT2D eigenvalue weighted by Gasteiger charge is 2.28. The molecule has 0 spiro atoms. The summed E-state index contributed by atoms with van der Waals surface area (Å²) in [4.78, 5) is 15.4. The number of piperidine rings is 1. The minimum Gasteiger partial charge on any atom is -0.392 e. The summed E-state index contributed by atoms with van der Waals surface area (Å²) in [5.74, 6) is -0.169. The molecule has 0 aromatic carbocycles. The third-order valence-corrected chi connectivity index (χ3v) is 3.70. The van der Waals surface area contributed by atoms with Crippen molar-refractivity contribution in [2.75, 3.05) is 46.3 Å². The van der Waals surface area contributed by atoms with Crippen LogP contribution in [0.15, 0.2) is 0 Å². The van der Waals surface area contributed by atoms with Crippen molar-refractivity contribution < 1.29 is 23.1 Å². The van der Waals surface area contributed by atoms with Gasteiger partial charge < -0.3 is 15.3 Å². The van der Waals surface area contributed by atoms with Crippen molar-refractivity contribution in [1.82, 2.24) is 15.1 Å². The summed E-state index contributed by atoms with van der Waals surface area (Å²) in [5, 5.41) is 11.2. The van der Waals surface area contributed by atoms with E-state index in [0.717, 1.165) is 25.9 Å². The summed E-state index contributed by atoms with van der Waals surface area (Å²) < 4.78 is 36.0. The zero-order valence-electron chi connectivity index (χ0n) is 13.2. The topological polar surface area (TPSA) is 55.8 Å². The average molecular weight is 325 g/mol. The highest BCUT2D eigenvalue weighted by Crippen LogP contribution is 2.18. The van der Waals surface area contributed by atoms with Gasteiger partial charge in [0.25, 0.3) is 0 Å². The Morgan fingerprint density at radius 1 is 1.41 bits per heavy atom. The number of nitrogens with one attached hydrogen (secondary N) is 1. The molecule has 8 heteroatoms. The van der Waals surface area contributed by atoms with Gasteiger partial charge in [-0.3, -0.25) is 9.69 Å². The van der Waals surface area contributed by atoms with Gasteiger partial charge in [0.05, 0.1) is 12.6 Å². The molecule has 0 unspecified atom stereocenters. The Kier molecular flexibility index (Phi) is 7.58. The molecule has 0 radical (unpaired) electrons. The van der Waals surface area contributed by atoms with E-state index in [4.69, 9.17) is 0 Å². The number of β-amino-alcohol motifs (C(OH)–C–C–N with tert-alkyl or cyclic N) is 1. The van der Waals surface area contributed by atoms with E-state index in [2.05, 4.69) is 4.90 Å². The van der Waals surface area contributed by atoms with Crippen LogP contribution in [0.3, 0.4) is 0 Å². The summed E-state index contributed by atoms with van der Waals surface area (Å²) in [5.41, 5.74) is 0. The van der Waals surface area contributed by atoms with Crippen molar-refractivity contribution in [3.63, 3.8) is 0 Å². The Morgan fingerprint density at radius 3 is 2.50 bits per heavy atom. The minimum atomic E-state index is -4.37. The molecule has 1 rings (SSSR count). The lowest BCUT2D eigenvalue weighted by Crippen LogP contribution is -2.43.